The lowest BCUT2D eigenvalue weighted by molar-refractivity contribution is -0.113. The number of rotatable bonds is 8. The van der Waals surface area contributed by atoms with Gasteiger partial charge >= 0.3 is 0 Å². The Labute approximate surface area is 175 Å². The first kappa shape index (κ1) is 20.8. The SMILES string of the molecule is COc1cccc(C(=O)Nc2nc(CSCC(=O)Nc3ccc(F)cc3)cs2)c1. The van der Waals surface area contributed by atoms with Crippen LogP contribution in [0.15, 0.2) is 53.9 Å². The summed E-state index contributed by atoms with van der Waals surface area (Å²) in [6.45, 7) is 0. The third-order valence-electron chi connectivity index (χ3n) is 3.72. The van der Waals surface area contributed by atoms with Crippen LogP contribution >= 0.6 is 23.1 Å². The highest BCUT2D eigenvalue weighted by molar-refractivity contribution is 7.99. The molecule has 0 radical (unpaired) electrons. The zero-order valence-electron chi connectivity index (χ0n) is 15.5. The van der Waals surface area contributed by atoms with Crippen molar-refractivity contribution in [1.29, 1.82) is 0 Å². The van der Waals surface area contributed by atoms with Gasteiger partial charge in [0.25, 0.3) is 5.91 Å². The van der Waals surface area contributed by atoms with Gasteiger partial charge in [0.05, 0.1) is 18.6 Å². The molecule has 0 aliphatic heterocycles. The van der Waals surface area contributed by atoms with Crippen molar-refractivity contribution in [3.63, 3.8) is 0 Å². The average molecular weight is 432 g/mol. The van der Waals surface area contributed by atoms with Crippen LogP contribution in [0.25, 0.3) is 0 Å². The summed E-state index contributed by atoms with van der Waals surface area (Å²) >= 11 is 2.72. The van der Waals surface area contributed by atoms with Gasteiger partial charge in [-0.15, -0.1) is 23.1 Å². The van der Waals surface area contributed by atoms with Crippen molar-refractivity contribution in [2.45, 2.75) is 5.75 Å². The fourth-order valence-electron chi connectivity index (χ4n) is 2.34. The minimum absolute atomic E-state index is 0.177. The van der Waals surface area contributed by atoms with E-state index in [1.54, 1.807) is 31.4 Å². The lowest BCUT2D eigenvalue weighted by atomic mass is 10.2. The Morgan fingerprint density at radius 2 is 1.97 bits per heavy atom. The van der Waals surface area contributed by atoms with E-state index in [9.17, 15) is 14.0 Å². The molecule has 1 aromatic heterocycles. The first-order chi connectivity index (χ1) is 14.0. The van der Waals surface area contributed by atoms with Gasteiger partial charge < -0.3 is 10.1 Å². The summed E-state index contributed by atoms with van der Waals surface area (Å²) in [6, 6.07) is 12.5. The van der Waals surface area contributed by atoms with Gasteiger partial charge in [-0.05, 0) is 42.5 Å². The molecule has 0 bridgehead atoms. The number of nitrogens with zero attached hydrogens (tertiary/aromatic N) is 1. The van der Waals surface area contributed by atoms with E-state index in [0.29, 0.717) is 27.9 Å². The molecule has 0 unspecified atom stereocenters. The summed E-state index contributed by atoms with van der Waals surface area (Å²) in [4.78, 5) is 28.6. The highest BCUT2D eigenvalue weighted by Gasteiger charge is 2.11. The first-order valence-corrected chi connectivity index (χ1v) is 10.6. The van der Waals surface area contributed by atoms with Crippen molar-refractivity contribution in [3.05, 3.63) is 71.0 Å². The van der Waals surface area contributed by atoms with Crippen molar-refractivity contribution in [2.24, 2.45) is 0 Å². The predicted octanol–water partition coefficient (Wildman–Crippen LogP) is 4.42. The molecule has 0 fully saturated rings. The lowest BCUT2D eigenvalue weighted by Gasteiger charge is -2.05. The fraction of sp³-hybridized carbons (Fsp3) is 0.150. The molecule has 1 heterocycles. The second-order valence-corrected chi connectivity index (χ2v) is 7.72. The molecule has 0 spiro atoms. The Bertz CT molecular complexity index is 993. The Kier molecular flexibility index (Phi) is 7.20. The van der Waals surface area contributed by atoms with Gasteiger partial charge in [-0.3, -0.25) is 14.9 Å². The number of benzene rings is 2. The Balaban J connectivity index is 1.45. The molecule has 0 saturated heterocycles. The molecule has 0 saturated carbocycles. The van der Waals surface area contributed by atoms with Crippen LogP contribution in [0.2, 0.25) is 0 Å². The number of anilines is 2. The Morgan fingerprint density at radius 1 is 1.17 bits per heavy atom. The molecule has 6 nitrogen and oxygen atoms in total. The van der Waals surface area contributed by atoms with Gasteiger partial charge in [0.2, 0.25) is 5.91 Å². The third-order valence-corrected chi connectivity index (χ3v) is 5.49. The predicted molar refractivity (Wildman–Crippen MR) is 114 cm³/mol. The fourth-order valence-corrected chi connectivity index (χ4v) is 3.87. The number of hydrogen-bond acceptors (Lipinski definition) is 6. The molecule has 29 heavy (non-hydrogen) atoms. The molecule has 150 valence electrons. The molecule has 0 aliphatic carbocycles. The highest BCUT2D eigenvalue weighted by Crippen LogP contribution is 2.21. The average Bonchev–Trinajstić information content (AvgIpc) is 3.17. The number of carbonyl (C=O) groups excluding carboxylic acids is 2. The number of hydrogen-bond donors (Lipinski definition) is 2. The van der Waals surface area contributed by atoms with E-state index in [-0.39, 0.29) is 23.4 Å². The number of methoxy groups -OCH3 is 1. The first-order valence-electron chi connectivity index (χ1n) is 8.56. The largest absolute Gasteiger partial charge is 0.497 e. The van der Waals surface area contributed by atoms with Crippen molar-refractivity contribution in [2.75, 3.05) is 23.5 Å². The molecule has 2 amide bonds. The van der Waals surface area contributed by atoms with Crippen LogP contribution in [0, 0.1) is 5.82 Å². The van der Waals surface area contributed by atoms with E-state index in [4.69, 9.17) is 4.74 Å². The van der Waals surface area contributed by atoms with E-state index in [1.807, 2.05) is 5.38 Å². The number of amides is 2. The molecule has 3 rings (SSSR count). The summed E-state index contributed by atoms with van der Waals surface area (Å²) in [5.41, 5.74) is 1.80. The zero-order chi connectivity index (χ0) is 20.6. The van der Waals surface area contributed by atoms with Gasteiger partial charge in [0, 0.05) is 22.4 Å². The number of ether oxygens (including phenoxy) is 1. The van der Waals surface area contributed by atoms with E-state index in [2.05, 4.69) is 15.6 Å². The van der Waals surface area contributed by atoms with E-state index < -0.39 is 0 Å². The number of carbonyl (C=O) groups is 2. The molecule has 9 heteroatoms. The standard InChI is InChI=1S/C20H18FN3O3S2/c1-27-17-4-2-3-13(9-17)19(26)24-20-23-16(11-29-20)10-28-12-18(25)22-15-7-5-14(21)6-8-15/h2-9,11H,10,12H2,1H3,(H,22,25)(H,23,24,26). The number of thiazole rings is 1. The summed E-state index contributed by atoms with van der Waals surface area (Å²) in [5.74, 6) is 0.575. The number of thioether (sulfide) groups is 1. The molecule has 0 aliphatic rings. The van der Waals surface area contributed by atoms with Crippen LogP contribution in [-0.2, 0) is 10.5 Å². The van der Waals surface area contributed by atoms with Crippen LogP contribution in [0.4, 0.5) is 15.2 Å². The molecule has 2 N–H and O–H groups in total. The number of nitrogens with one attached hydrogen (secondary N) is 2. The summed E-state index contributed by atoms with van der Waals surface area (Å²) in [6.07, 6.45) is 0. The van der Waals surface area contributed by atoms with Gasteiger partial charge in [-0.25, -0.2) is 9.37 Å². The number of halogens is 1. The topological polar surface area (TPSA) is 80.3 Å². The zero-order valence-corrected chi connectivity index (χ0v) is 17.1. The number of aromatic nitrogens is 1. The van der Waals surface area contributed by atoms with Crippen molar-refractivity contribution >= 4 is 45.7 Å². The van der Waals surface area contributed by atoms with Crippen LogP contribution < -0.4 is 15.4 Å². The molecule has 2 aromatic carbocycles. The quantitative estimate of drug-likeness (QED) is 0.552. The van der Waals surface area contributed by atoms with Gasteiger partial charge in [-0.2, -0.15) is 0 Å². The summed E-state index contributed by atoms with van der Waals surface area (Å²) in [7, 11) is 1.54. The monoisotopic (exact) mass is 431 g/mol. The maximum absolute atomic E-state index is 12.9. The van der Waals surface area contributed by atoms with Gasteiger partial charge in [-0.1, -0.05) is 6.07 Å². The molecule has 0 atom stereocenters. The van der Waals surface area contributed by atoms with Crippen molar-refractivity contribution in [3.8, 4) is 5.75 Å². The Morgan fingerprint density at radius 3 is 2.72 bits per heavy atom. The normalized spacial score (nSPS) is 10.4. The third kappa shape index (κ3) is 6.30. The van der Waals surface area contributed by atoms with Gasteiger partial charge in [0.15, 0.2) is 5.13 Å². The highest BCUT2D eigenvalue weighted by atomic mass is 32.2. The molecular formula is C20H18FN3O3S2. The maximum atomic E-state index is 12.9. The molecule has 3 aromatic rings. The van der Waals surface area contributed by atoms with Crippen molar-refractivity contribution < 1.29 is 18.7 Å². The minimum atomic E-state index is -0.352. The van der Waals surface area contributed by atoms with E-state index in [1.165, 1.54) is 47.4 Å². The smallest absolute Gasteiger partial charge is 0.257 e. The van der Waals surface area contributed by atoms with Crippen LogP contribution in [0.5, 0.6) is 5.75 Å². The van der Waals surface area contributed by atoms with E-state index >= 15 is 0 Å². The summed E-state index contributed by atoms with van der Waals surface area (Å²) < 4.78 is 18.0. The van der Waals surface area contributed by atoms with Gasteiger partial charge in [0.1, 0.15) is 11.6 Å². The van der Waals surface area contributed by atoms with Crippen LogP contribution in [0.3, 0.4) is 0 Å². The lowest BCUT2D eigenvalue weighted by Crippen LogP contribution is -2.14. The van der Waals surface area contributed by atoms with Crippen molar-refractivity contribution in [1.82, 2.24) is 4.98 Å². The van der Waals surface area contributed by atoms with Crippen LogP contribution in [0.1, 0.15) is 16.1 Å². The van der Waals surface area contributed by atoms with Crippen LogP contribution in [-0.4, -0.2) is 29.7 Å². The second kappa shape index (κ2) is 10.0. The molecular weight excluding hydrogens is 413 g/mol. The second-order valence-electron chi connectivity index (χ2n) is 5.88. The van der Waals surface area contributed by atoms with E-state index in [0.717, 1.165) is 5.69 Å². The maximum Gasteiger partial charge on any atom is 0.257 e. The Hall–Kier alpha value is -2.91. The minimum Gasteiger partial charge on any atom is -0.497 e. The summed E-state index contributed by atoms with van der Waals surface area (Å²) in [5, 5.41) is 7.79.